The van der Waals surface area contributed by atoms with Gasteiger partial charge >= 0.3 is 6.09 Å². The Bertz CT molecular complexity index is 1750. The van der Waals surface area contributed by atoms with Crippen LogP contribution in [0.1, 0.15) is 26.5 Å². The molecule has 2 aromatic heterocycles. The van der Waals surface area contributed by atoms with Crippen LogP contribution < -0.4 is 15.0 Å². The van der Waals surface area contributed by atoms with E-state index < -0.39 is 22.4 Å². The maximum atomic E-state index is 15.3. The fourth-order valence-electron chi connectivity index (χ4n) is 5.20. The summed E-state index contributed by atoms with van der Waals surface area (Å²) in [6, 6.07) is 10.5. The van der Waals surface area contributed by atoms with Crippen LogP contribution in [0.4, 0.5) is 32.2 Å². The SMILES string of the molecule is COc1cc(N(C)CCN(C)C(=O)OC(C)(C)C)c([N+](=O)[O-])cc1Nc1ncc(F)c(-c2c3n(c4ccccc24)CCOC3)n1. The van der Waals surface area contributed by atoms with Gasteiger partial charge in [0.25, 0.3) is 5.69 Å². The summed E-state index contributed by atoms with van der Waals surface area (Å²) in [5.41, 5.74) is 2.08. The van der Waals surface area contributed by atoms with Crippen LogP contribution >= 0.6 is 0 Å². The highest BCUT2D eigenvalue weighted by atomic mass is 19.1. The van der Waals surface area contributed by atoms with E-state index in [0.29, 0.717) is 25.3 Å². The monoisotopic (exact) mass is 621 g/mol. The maximum Gasteiger partial charge on any atom is 0.410 e. The molecule has 0 atom stereocenters. The molecule has 2 aromatic carbocycles. The van der Waals surface area contributed by atoms with E-state index in [1.807, 2.05) is 24.3 Å². The highest BCUT2D eigenvalue weighted by Crippen LogP contribution is 2.40. The number of nitro benzene ring substituents is 1. The van der Waals surface area contributed by atoms with Crippen molar-refractivity contribution in [3.05, 3.63) is 64.2 Å². The predicted octanol–water partition coefficient (Wildman–Crippen LogP) is 5.73. The minimum atomic E-state index is -0.648. The summed E-state index contributed by atoms with van der Waals surface area (Å²) in [5, 5.41) is 16.0. The summed E-state index contributed by atoms with van der Waals surface area (Å²) in [6.07, 6.45) is 0.569. The van der Waals surface area contributed by atoms with E-state index in [9.17, 15) is 14.9 Å². The van der Waals surface area contributed by atoms with Crippen LogP contribution in [0, 0.1) is 15.9 Å². The zero-order valence-corrected chi connectivity index (χ0v) is 26.1. The first-order valence-electron chi connectivity index (χ1n) is 14.4. The van der Waals surface area contributed by atoms with Crippen molar-refractivity contribution in [2.75, 3.05) is 51.1 Å². The van der Waals surface area contributed by atoms with E-state index in [1.165, 1.54) is 24.1 Å². The Morgan fingerprint density at radius 2 is 1.98 bits per heavy atom. The number of nitrogens with one attached hydrogen (secondary N) is 1. The molecule has 4 aromatic rings. The molecule has 0 saturated heterocycles. The van der Waals surface area contributed by atoms with Gasteiger partial charge in [-0.25, -0.2) is 19.2 Å². The number of carbonyl (C=O) groups is 1. The molecule has 1 N–H and O–H groups in total. The molecule has 0 spiro atoms. The molecule has 5 rings (SSSR count). The largest absolute Gasteiger partial charge is 0.494 e. The number of benzene rings is 2. The number of nitrogens with zero attached hydrogens (tertiary/aromatic N) is 6. The number of amides is 1. The quantitative estimate of drug-likeness (QED) is 0.182. The standard InChI is InChI=1S/C31H36FN7O6/c1-31(2,3)45-30(40)37(5)12-11-36(4)23-16-26(43-6)21(15-24(23)39(41)42)34-29-33-17-20(32)28(35-29)27-19-9-7-8-10-22(19)38-13-14-44-18-25(27)38/h7-10,15-17H,11-14,18H2,1-6H3,(H,33,34,35). The molecule has 13 nitrogen and oxygen atoms in total. The number of hydrogen-bond acceptors (Lipinski definition) is 10. The number of para-hydroxylation sites is 1. The average molecular weight is 622 g/mol. The van der Waals surface area contributed by atoms with Crippen molar-refractivity contribution in [3.8, 4) is 17.0 Å². The Labute approximate surface area is 259 Å². The summed E-state index contributed by atoms with van der Waals surface area (Å²) >= 11 is 0. The predicted molar refractivity (Wildman–Crippen MR) is 168 cm³/mol. The Morgan fingerprint density at radius 1 is 1.22 bits per heavy atom. The van der Waals surface area contributed by atoms with Crippen LogP contribution in [-0.4, -0.2) is 77.0 Å². The lowest BCUT2D eigenvalue weighted by Gasteiger charge is -2.27. The summed E-state index contributed by atoms with van der Waals surface area (Å²) in [7, 11) is 4.71. The lowest BCUT2D eigenvalue weighted by molar-refractivity contribution is -0.384. The highest BCUT2D eigenvalue weighted by molar-refractivity contribution is 5.97. The zero-order valence-electron chi connectivity index (χ0n) is 26.1. The molecule has 45 heavy (non-hydrogen) atoms. The number of aromatic nitrogens is 3. The molecule has 0 unspecified atom stereocenters. The lowest BCUT2D eigenvalue weighted by atomic mass is 10.1. The van der Waals surface area contributed by atoms with Gasteiger partial charge in [0, 0.05) is 62.3 Å². The molecule has 0 bridgehead atoms. The van der Waals surface area contributed by atoms with Gasteiger partial charge in [-0.05, 0) is 26.8 Å². The van der Waals surface area contributed by atoms with Gasteiger partial charge in [0.1, 0.15) is 22.7 Å². The second-order valence-electron chi connectivity index (χ2n) is 11.7. The molecular formula is C31H36FN7O6. The number of ether oxygens (including phenoxy) is 3. The van der Waals surface area contributed by atoms with Crippen molar-refractivity contribution in [1.82, 2.24) is 19.4 Å². The topological polar surface area (TPSA) is 137 Å². The Hall–Kier alpha value is -4.98. The lowest BCUT2D eigenvalue weighted by Crippen LogP contribution is -2.38. The van der Waals surface area contributed by atoms with Gasteiger partial charge in [-0.15, -0.1) is 0 Å². The maximum absolute atomic E-state index is 15.3. The number of anilines is 3. The molecule has 3 heterocycles. The fraction of sp³-hybridized carbons (Fsp3) is 0.387. The number of methoxy groups -OCH3 is 1. The number of fused-ring (bicyclic) bond motifs is 3. The second kappa shape index (κ2) is 12.6. The third kappa shape index (κ3) is 6.60. The number of likely N-dealkylation sites (N-methyl/N-ethyl adjacent to an activating group) is 2. The van der Waals surface area contributed by atoms with Crippen molar-refractivity contribution in [3.63, 3.8) is 0 Å². The van der Waals surface area contributed by atoms with Crippen molar-refractivity contribution < 1.29 is 28.3 Å². The smallest absolute Gasteiger partial charge is 0.410 e. The summed E-state index contributed by atoms with van der Waals surface area (Å²) in [4.78, 5) is 35.7. The molecule has 0 fully saturated rings. The molecule has 0 aliphatic carbocycles. The molecule has 0 radical (unpaired) electrons. The van der Waals surface area contributed by atoms with E-state index in [1.54, 1.807) is 39.8 Å². The van der Waals surface area contributed by atoms with Crippen LogP contribution in [0.5, 0.6) is 5.75 Å². The number of rotatable bonds is 9. The van der Waals surface area contributed by atoms with Gasteiger partial charge in [0.15, 0.2) is 5.82 Å². The number of halogens is 1. The highest BCUT2D eigenvalue weighted by Gasteiger charge is 2.27. The van der Waals surface area contributed by atoms with Crippen LogP contribution in [0.3, 0.4) is 0 Å². The second-order valence-corrected chi connectivity index (χ2v) is 11.7. The van der Waals surface area contributed by atoms with Gasteiger partial charge in [-0.1, -0.05) is 18.2 Å². The van der Waals surface area contributed by atoms with Crippen LogP contribution in [-0.2, 0) is 22.6 Å². The van der Waals surface area contributed by atoms with Gasteiger partial charge < -0.3 is 33.9 Å². The van der Waals surface area contributed by atoms with Crippen molar-refractivity contribution in [1.29, 1.82) is 0 Å². The zero-order chi connectivity index (χ0) is 32.5. The summed E-state index contributed by atoms with van der Waals surface area (Å²) < 4.78 is 34.1. The van der Waals surface area contributed by atoms with Crippen LogP contribution in [0.15, 0.2) is 42.6 Å². The van der Waals surface area contributed by atoms with Crippen molar-refractivity contribution in [2.45, 2.75) is 39.5 Å². The molecule has 1 amide bonds. The number of hydrogen-bond donors (Lipinski definition) is 1. The Kier molecular flexibility index (Phi) is 8.77. The van der Waals surface area contributed by atoms with E-state index in [-0.39, 0.29) is 47.5 Å². The fourth-order valence-corrected chi connectivity index (χ4v) is 5.20. The molecule has 0 saturated carbocycles. The first-order chi connectivity index (χ1) is 21.4. The average Bonchev–Trinajstić information content (AvgIpc) is 3.33. The molecular weight excluding hydrogens is 585 g/mol. The first-order valence-corrected chi connectivity index (χ1v) is 14.4. The molecule has 238 valence electrons. The van der Waals surface area contributed by atoms with Gasteiger partial charge in [0.2, 0.25) is 5.95 Å². The normalized spacial score (nSPS) is 12.9. The van der Waals surface area contributed by atoms with Crippen molar-refractivity contribution in [2.24, 2.45) is 0 Å². The van der Waals surface area contributed by atoms with Crippen LogP contribution in [0.25, 0.3) is 22.2 Å². The van der Waals surface area contributed by atoms with Gasteiger partial charge in [0.05, 0.1) is 42.8 Å². The van der Waals surface area contributed by atoms with Crippen molar-refractivity contribution >= 4 is 40.0 Å². The van der Waals surface area contributed by atoms with Crippen LogP contribution in [0.2, 0.25) is 0 Å². The Balaban J connectivity index is 1.45. The third-order valence-corrected chi connectivity index (χ3v) is 7.38. The van der Waals surface area contributed by atoms with E-state index in [4.69, 9.17) is 14.2 Å². The van der Waals surface area contributed by atoms with E-state index in [2.05, 4.69) is 19.9 Å². The van der Waals surface area contributed by atoms with Gasteiger partial charge in [-0.2, -0.15) is 0 Å². The third-order valence-electron chi connectivity index (χ3n) is 7.38. The molecule has 1 aliphatic rings. The molecule has 1 aliphatic heterocycles. The number of carbonyl (C=O) groups excluding carboxylic acids is 1. The van der Waals surface area contributed by atoms with Gasteiger partial charge in [-0.3, -0.25) is 10.1 Å². The Morgan fingerprint density at radius 3 is 2.69 bits per heavy atom. The molecule has 14 heteroatoms. The van der Waals surface area contributed by atoms with E-state index >= 15 is 4.39 Å². The number of nitro groups is 1. The van der Waals surface area contributed by atoms with E-state index in [0.717, 1.165) is 22.8 Å². The summed E-state index contributed by atoms with van der Waals surface area (Å²) in [5.74, 6) is -0.311. The minimum absolute atomic E-state index is 0.0276. The first kappa shape index (κ1) is 31.4. The minimum Gasteiger partial charge on any atom is -0.494 e. The summed E-state index contributed by atoms with van der Waals surface area (Å²) in [6.45, 7) is 7.34.